The summed E-state index contributed by atoms with van der Waals surface area (Å²) in [5.74, 6) is -0.295. The number of aromatic nitrogens is 4. The van der Waals surface area contributed by atoms with Gasteiger partial charge in [-0.3, -0.25) is 9.20 Å². The molecule has 1 aliphatic heterocycles. The number of pyridine rings is 1. The van der Waals surface area contributed by atoms with Gasteiger partial charge in [0.2, 0.25) is 0 Å². The largest absolute Gasteiger partial charge is 0.378 e. The second-order valence-corrected chi connectivity index (χ2v) is 7.16. The van der Waals surface area contributed by atoms with Gasteiger partial charge in [-0.1, -0.05) is 6.07 Å². The van der Waals surface area contributed by atoms with E-state index in [0.717, 1.165) is 0 Å². The molecule has 4 aromatic rings. The molecule has 0 radical (unpaired) electrons. The molecular formula is C21H19FN6O3. The number of fused-ring (bicyclic) bond motifs is 1. The van der Waals surface area contributed by atoms with Crippen LogP contribution in [0.1, 0.15) is 16.1 Å². The van der Waals surface area contributed by atoms with Gasteiger partial charge in [0.05, 0.1) is 19.4 Å². The molecule has 1 aromatic carbocycles. The van der Waals surface area contributed by atoms with Gasteiger partial charge in [0, 0.05) is 36.1 Å². The first-order valence-electron chi connectivity index (χ1n) is 9.80. The van der Waals surface area contributed by atoms with Crippen molar-refractivity contribution < 1.29 is 18.4 Å². The molecule has 4 heterocycles. The van der Waals surface area contributed by atoms with Crippen LogP contribution in [0.2, 0.25) is 0 Å². The minimum Gasteiger partial charge on any atom is -0.378 e. The Morgan fingerprint density at radius 3 is 2.90 bits per heavy atom. The third-order valence-electron chi connectivity index (χ3n) is 5.20. The SMILES string of the molecule is Cc1c(F)cc(-c2nc(N3CCOCC3)no2)cc1NC(=O)c1cnc2ccccn12. The highest BCUT2D eigenvalue weighted by atomic mass is 19.1. The molecule has 1 aliphatic rings. The maximum atomic E-state index is 14.6. The number of halogens is 1. The summed E-state index contributed by atoms with van der Waals surface area (Å²) in [7, 11) is 0. The van der Waals surface area contributed by atoms with E-state index in [4.69, 9.17) is 9.26 Å². The molecule has 0 unspecified atom stereocenters. The number of hydrogen-bond acceptors (Lipinski definition) is 7. The molecule has 0 spiro atoms. The van der Waals surface area contributed by atoms with Gasteiger partial charge in [-0.25, -0.2) is 9.37 Å². The third-order valence-corrected chi connectivity index (χ3v) is 5.20. The molecule has 0 saturated carbocycles. The lowest BCUT2D eigenvalue weighted by atomic mass is 10.1. The quantitative estimate of drug-likeness (QED) is 0.540. The first kappa shape index (κ1) is 19.2. The van der Waals surface area contributed by atoms with Gasteiger partial charge in [-0.15, -0.1) is 0 Å². The fraction of sp³-hybridized carbons (Fsp3) is 0.238. The number of carbonyl (C=O) groups is 1. The van der Waals surface area contributed by atoms with E-state index in [0.29, 0.717) is 60.4 Å². The Morgan fingerprint density at radius 2 is 2.06 bits per heavy atom. The van der Waals surface area contributed by atoms with Crippen LogP contribution < -0.4 is 10.2 Å². The smallest absolute Gasteiger partial charge is 0.274 e. The fourth-order valence-corrected chi connectivity index (χ4v) is 3.44. The van der Waals surface area contributed by atoms with Gasteiger partial charge in [-0.2, -0.15) is 4.98 Å². The Labute approximate surface area is 176 Å². The van der Waals surface area contributed by atoms with Crippen molar-refractivity contribution in [2.24, 2.45) is 0 Å². The van der Waals surface area contributed by atoms with Crippen LogP contribution in [0, 0.1) is 12.7 Å². The van der Waals surface area contributed by atoms with Crippen LogP contribution in [0.25, 0.3) is 17.1 Å². The molecule has 1 amide bonds. The van der Waals surface area contributed by atoms with E-state index in [9.17, 15) is 9.18 Å². The predicted octanol–water partition coefficient (Wildman–Crippen LogP) is 2.92. The number of imidazole rings is 1. The van der Waals surface area contributed by atoms with Crippen molar-refractivity contribution in [3.05, 3.63) is 59.8 Å². The third kappa shape index (κ3) is 3.61. The van der Waals surface area contributed by atoms with Crippen molar-refractivity contribution in [1.29, 1.82) is 0 Å². The Balaban J connectivity index is 1.44. The van der Waals surface area contributed by atoms with Crippen LogP contribution in [0.4, 0.5) is 16.0 Å². The summed E-state index contributed by atoms with van der Waals surface area (Å²) in [5, 5.41) is 6.77. The number of hydrogen-bond donors (Lipinski definition) is 1. The van der Waals surface area contributed by atoms with Crippen molar-refractivity contribution in [3.8, 4) is 11.5 Å². The van der Waals surface area contributed by atoms with E-state index in [-0.39, 0.29) is 5.89 Å². The summed E-state index contributed by atoms with van der Waals surface area (Å²) in [6, 6.07) is 8.37. The number of nitrogens with zero attached hydrogens (tertiary/aromatic N) is 5. The molecule has 1 saturated heterocycles. The van der Waals surface area contributed by atoms with E-state index in [1.165, 1.54) is 12.3 Å². The molecule has 5 rings (SSSR count). The summed E-state index contributed by atoms with van der Waals surface area (Å²) in [5.41, 5.74) is 1.98. The summed E-state index contributed by atoms with van der Waals surface area (Å²) >= 11 is 0. The normalized spacial score (nSPS) is 14.2. The van der Waals surface area contributed by atoms with Crippen molar-refractivity contribution in [2.75, 3.05) is 36.5 Å². The molecule has 0 bridgehead atoms. The van der Waals surface area contributed by atoms with Gasteiger partial charge >= 0.3 is 0 Å². The molecule has 3 aromatic heterocycles. The monoisotopic (exact) mass is 422 g/mol. The Kier molecular flexibility index (Phi) is 4.83. The second-order valence-electron chi connectivity index (χ2n) is 7.16. The number of benzene rings is 1. The number of nitrogens with one attached hydrogen (secondary N) is 1. The maximum Gasteiger partial charge on any atom is 0.274 e. The van der Waals surface area contributed by atoms with Gasteiger partial charge in [0.25, 0.3) is 17.7 Å². The van der Waals surface area contributed by atoms with Gasteiger partial charge < -0.3 is 19.5 Å². The number of amides is 1. The molecule has 0 aliphatic carbocycles. The van der Waals surface area contributed by atoms with Crippen molar-refractivity contribution >= 4 is 23.2 Å². The van der Waals surface area contributed by atoms with Crippen LogP contribution >= 0.6 is 0 Å². The molecule has 0 atom stereocenters. The van der Waals surface area contributed by atoms with Gasteiger partial charge in [0.15, 0.2) is 0 Å². The topological polar surface area (TPSA) is 97.8 Å². The van der Waals surface area contributed by atoms with E-state index >= 15 is 0 Å². The zero-order valence-electron chi connectivity index (χ0n) is 16.7. The lowest BCUT2D eigenvalue weighted by molar-refractivity contribution is 0.102. The van der Waals surface area contributed by atoms with Crippen LogP contribution in [-0.2, 0) is 4.74 Å². The predicted molar refractivity (Wildman–Crippen MR) is 111 cm³/mol. The van der Waals surface area contributed by atoms with Crippen molar-refractivity contribution in [3.63, 3.8) is 0 Å². The summed E-state index contributed by atoms with van der Waals surface area (Å²) in [6.07, 6.45) is 3.22. The molecule has 10 heteroatoms. The molecule has 1 fully saturated rings. The van der Waals surface area contributed by atoms with Crippen LogP contribution in [0.3, 0.4) is 0 Å². The first-order valence-corrected chi connectivity index (χ1v) is 9.80. The number of anilines is 2. The maximum absolute atomic E-state index is 14.6. The van der Waals surface area contributed by atoms with Gasteiger partial charge in [-0.05, 0) is 36.3 Å². The average Bonchev–Trinajstić information content (AvgIpc) is 3.45. The molecule has 1 N–H and O–H groups in total. The molecular weight excluding hydrogens is 403 g/mol. The minimum atomic E-state index is -0.489. The summed E-state index contributed by atoms with van der Waals surface area (Å²) in [4.78, 5) is 23.4. The second kappa shape index (κ2) is 7.80. The number of rotatable bonds is 4. The lowest BCUT2D eigenvalue weighted by Crippen LogP contribution is -2.36. The van der Waals surface area contributed by atoms with Crippen molar-refractivity contribution in [1.82, 2.24) is 19.5 Å². The summed E-state index contributed by atoms with van der Waals surface area (Å²) in [6.45, 7) is 4.07. The van der Waals surface area contributed by atoms with E-state index in [2.05, 4.69) is 20.4 Å². The first-order chi connectivity index (χ1) is 15.1. The Hall–Kier alpha value is -3.79. The van der Waals surface area contributed by atoms with Crippen LogP contribution in [0.15, 0.2) is 47.2 Å². The van der Waals surface area contributed by atoms with Crippen LogP contribution in [-0.4, -0.2) is 51.7 Å². The van der Waals surface area contributed by atoms with Crippen LogP contribution in [0.5, 0.6) is 0 Å². The van der Waals surface area contributed by atoms with E-state index in [1.807, 2.05) is 11.0 Å². The molecule has 158 valence electrons. The molecule has 31 heavy (non-hydrogen) atoms. The lowest BCUT2D eigenvalue weighted by Gasteiger charge is -2.24. The van der Waals surface area contributed by atoms with Crippen molar-refractivity contribution in [2.45, 2.75) is 6.92 Å². The van der Waals surface area contributed by atoms with Gasteiger partial charge in [0.1, 0.15) is 17.2 Å². The van der Waals surface area contributed by atoms with E-state index in [1.54, 1.807) is 35.7 Å². The number of carbonyl (C=O) groups excluding carboxylic acids is 1. The number of ether oxygens (including phenoxy) is 1. The Bertz CT molecular complexity index is 1260. The zero-order chi connectivity index (χ0) is 21.4. The van der Waals surface area contributed by atoms with E-state index < -0.39 is 11.7 Å². The highest BCUT2D eigenvalue weighted by Crippen LogP contribution is 2.28. The standard InChI is InChI=1S/C21H19FN6O3/c1-13-15(22)10-14(20-25-21(26-31-20)27-6-8-30-9-7-27)11-16(13)24-19(29)17-12-23-18-4-2-3-5-28(17)18/h2-5,10-12H,6-9H2,1H3,(H,24,29). The average molecular weight is 422 g/mol. The molecule has 9 nitrogen and oxygen atoms in total. The zero-order valence-corrected chi connectivity index (χ0v) is 16.7. The highest BCUT2D eigenvalue weighted by Gasteiger charge is 2.20. The number of morpholine rings is 1. The Morgan fingerprint density at radius 1 is 1.23 bits per heavy atom. The summed E-state index contributed by atoms with van der Waals surface area (Å²) < 4.78 is 27.0. The fourth-order valence-electron chi connectivity index (χ4n) is 3.44. The highest BCUT2D eigenvalue weighted by molar-refractivity contribution is 6.04. The minimum absolute atomic E-state index is 0.172.